The maximum absolute atomic E-state index is 13.5. The number of benzene rings is 1. The topological polar surface area (TPSA) is 179 Å². The van der Waals surface area contributed by atoms with Crippen molar-refractivity contribution in [3.63, 3.8) is 0 Å². The van der Waals surface area contributed by atoms with Crippen LogP contribution in [0.25, 0.3) is 0 Å². The Morgan fingerprint density at radius 1 is 1.11 bits per heavy atom. The number of hydrogen-bond donors (Lipinski definition) is 5. The minimum atomic E-state index is -1.86. The predicted octanol–water partition coefficient (Wildman–Crippen LogP) is 3.07. The summed E-state index contributed by atoms with van der Waals surface area (Å²) in [5, 5.41) is 50.3. The van der Waals surface area contributed by atoms with Crippen LogP contribution < -0.4 is 9.64 Å². The number of phenolic OH excluding ortho intramolecular Hbond substituents is 1. The molecular weight excluding hydrogens is 480 g/mol. The number of aliphatic hydroxyl groups is 4. The second-order valence-electron chi connectivity index (χ2n) is 9.46. The van der Waals surface area contributed by atoms with Crippen molar-refractivity contribution in [2.45, 2.75) is 57.8 Å². The average Bonchev–Trinajstić information content (AvgIpc) is 3.25. The number of hydrogen-bond acceptors (Lipinski definition) is 11. The highest BCUT2D eigenvalue weighted by atomic mass is 16.7. The lowest BCUT2D eigenvalue weighted by Gasteiger charge is -2.38. The number of aromatic hydroxyl groups is 1. The molecular formula is C23H28N2O11. The summed E-state index contributed by atoms with van der Waals surface area (Å²) in [7, 11) is 1.32. The Kier molecular flexibility index (Phi) is 6.20. The summed E-state index contributed by atoms with van der Waals surface area (Å²) in [6.07, 6.45) is -3.24. The van der Waals surface area contributed by atoms with Gasteiger partial charge in [0, 0.05) is 12.6 Å². The van der Waals surface area contributed by atoms with E-state index in [1.165, 1.54) is 18.1 Å². The molecule has 36 heavy (non-hydrogen) atoms. The minimum absolute atomic E-state index is 0.00741. The normalized spacial score (nSPS) is 24.2. The zero-order valence-corrected chi connectivity index (χ0v) is 20.1. The van der Waals surface area contributed by atoms with Gasteiger partial charge in [0.2, 0.25) is 17.3 Å². The number of aliphatic hydroxyl groups excluding tert-OH is 4. The van der Waals surface area contributed by atoms with Crippen molar-refractivity contribution in [2.24, 2.45) is 0 Å². The number of anilines is 1. The highest BCUT2D eigenvalue weighted by Gasteiger charge is 2.49. The Bertz CT molecular complexity index is 1150. The lowest BCUT2D eigenvalue weighted by Crippen LogP contribution is -2.55. The molecule has 0 bridgehead atoms. The highest BCUT2D eigenvalue weighted by molar-refractivity contribution is 6.06. The van der Waals surface area contributed by atoms with Crippen molar-refractivity contribution in [3.05, 3.63) is 40.9 Å². The van der Waals surface area contributed by atoms with Crippen molar-refractivity contribution >= 4 is 17.7 Å². The number of rotatable bonds is 3. The number of carbonyl (C=O) groups is 2. The standard InChI is InChI=1S/C23H28N2O11/c1-23(2,3)36-22(32)25-12-9-13(26)14(33-4)8-10(12)18(30)24-7-5-6-11(24)19(25)34-21-17(29)15(27)16(28)20(31)35-21/h8-9,11,19,21,26-29,31H,5-7H2,1-4H3/t11-,19-,21?/m0/s1. The van der Waals surface area contributed by atoms with Crippen molar-refractivity contribution in [2.75, 3.05) is 18.6 Å². The van der Waals surface area contributed by atoms with E-state index in [9.17, 15) is 35.1 Å². The van der Waals surface area contributed by atoms with Crippen molar-refractivity contribution < 1.29 is 54.1 Å². The molecule has 13 heteroatoms. The molecule has 13 nitrogen and oxygen atoms in total. The van der Waals surface area contributed by atoms with Crippen LogP contribution in [-0.2, 0) is 14.2 Å². The monoisotopic (exact) mass is 508 g/mol. The van der Waals surface area contributed by atoms with Gasteiger partial charge in [-0.25, -0.2) is 9.69 Å². The first-order valence-electron chi connectivity index (χ1n) is 11.1. The molecule has 1 aromatic rings. The Hall–Kier alpha value is -4.00. The van der Waals surface area contributed by atoms with Crippen LogP contribution in [0.2, 0.25) is 0 Å². The van der Waals surface area contributed by atoms with Crippen molar-refractivity contribution in [3.8, 4) is 11.5 Å². The van der Waals surface area contributed by atoms with E-state index in [-0.39, 0.29) is 22.7 Å². The molecule has 1 unspecified atom stereocenters. The molecule has 3 aliphatic rings. The van der Waals surface area contributed by atoms with Gasteiger partial charge in [-0.1, -0.05) is 0 Å². The van der Waals surface area contributed by atoms with Crippen LogP contribution in [-0.4, -0.2) is 80.2 Å². The van der Waals surface area contributed by atoms with Crippen LogP contribution in [0.15, 0.2) is 35.4 Å². The number of methoxy groups -OCH3 is 1. The second-order valence-corrected chi connectivity index (χ2v) is 9.46. The molecule has 0 aliphatic carbocycles. The molecule has 3 aliphatic heterocycles. The van der Waals surface area contributed by atoms with Crippen LogP contribution in [0.4, 0.5) is 10.5 Å². The molecule has 1 fully saturated rings. The fourth-order valence-corrected chi connectivity index (χ4v) is 4.33. The lowest BCUT2D eigenvalue weighted by molar-refractivity contribution is -0.181. The Morgan fingerprint density at radius 2 is 1.81 bits per heavy atom. The molecule has 1 saturated heterocycles. The van der Waals surface area contributed by atoms with Crippen molar-refractivity contribution in [1.82, 2.24) is 4.90 Å². The van der Waals surface area contributed by atoms with Crippen LogP contribution in [0.1, 0.15) is 44.0 Å². The molecule has 2 amide bonds. The number of amides is 2. The molecule has 3 heterocycles. The number of carbonyl (C=O) groups excluding carboxylic acids is 2. The van der Waals surface area contributed by atoms with E-state index in [1.807, 2.05) is 0 Å². The third-order valence-corrected chi connectivity index (χ3v) is 5.90. The summed E-state index contributed by atoms with van der Waals surface area (Å²) in [6.45, 7) is 5.24. The lowest BCUT2D eigenvalue weighted by atomic mass is 10.1. The van der Waals surface area contributed by atoms with Crippen molar-refractivity contribution in [1.29, 1.82) is 0 Å². The quantitative estimate of drug-likeness (QED) is 0.405. The zero-order valence-electron chi connectivity index (χ0n) is 20.1. The first kappa shape index (κ1) is 25.1. The second kappa shape index (κ2) is 8.90. The average molecular weight is 508 g/mol. The molecule has 196 valence electrons. The van der Waals surface area contributed by atoms with Gasteiger partial charge in [0.05, 0.1) is 24.4 Å². The van der Waals surface area contributed by atoms with E-state index >= 15 is 0 Å². The Balaban J connectivity index is 1.88. The van der Waals surface area contributed by atoms with Gasteiger partial charge in [0.15, 0.2) is 17.7 Å². The SMILES string of the molecule is COc1cc2c(cc1O)N(C(=O)OC(C)(C)C)[C@@H](OC1OC(O)=C(O)C(O)=C1O)[C@@H]1CCCN1C2=O. The van der Waals surface area contributed by atoms with Gasteiger partial charge in [0.25, 0.3) is 12.2 Å². The Labute approximate surface area is 206 Å². The van der Waals surface area contributed by atoms with E-state index in [4.69, 9.17) is 18.9 Å². The number of phenols is 1. The van der Waals surface area contributed by atoms with E-state index in [1.54, 1.807) is 20.8 Å². The highest BCUT2D eigenvalue weighted by Crippen LogP contribution is 2.42. The van der Waals surface area contributed by atoms with E-state index in [2.05, 4.69) is 0 Å². The number of nitrogens with zero attached hydrogens (tertiary/aromatic N) is 2. The van der Waals surface area contributed by atoms with Gasteiger partial charge in [-0.15, -0.1) is 0 Å². The fourth-order valence-electron chi connectivity index (χ4n) is 4.33. The molecule has 0 aromatic heterocycles. The summed E-state index contributed by atoms with van der Waals surface area (Å²) in [4.78, 5) is 29.5. The summed E-state index contributed by atoms with van der Waals surface area (Å²) in [5.41, 5.74) is -0.990. The maximum atomic E-state index is 13.5. The van der Waals surface area contributed by atoms with Crippen LogP contribution in [0, 0.1) is 0 Å². The third-order valence-electron chi connectivity index (χ3n) is 5.90. The molecule has 0 spiro atoms. The van der Waals surface area contributed by atoms with E-state index in [0.717, 1.165) is 11.0 Å². The number of fused-ring (bicyclic) bond motifs is 2. The van der Waals surface area contributed by atoms with Gasteiger partial charge >= 0.3 is 12.0 Å². The van der Waals surface area contributed by atoms with Gasteiger partial charge in [-0.05, 0) is 39.7 Å². The van der Waals surface area contributed by atoms with Gasteiger partial charge in [0.1, 0.15) is 5.60 Å². The largest absolute Gasteiger partial charge is 0.504 e. The van der Waals surface area contributed by atoms with Gasteiger partial charge < -0.3 is 49.4 Å². The molecule has 1 aromatic carbocycles. The predicted molar refractivity (Wildman–Crippen MR) is 122 cm³/mol. The minimum Gasteiger partial charge on any atom is -0.504 e. The zero-order chi connectivity index (χ0) is 26.5. The molecule has 0 saturated carbocycles. The fraction of sp³-hybridized carbons (Fsp3) is 0.478. The van der Waals surface area contributed by atoms with E-state index in [0.29, 0.717) is 19.4 Å². The summed E-state index contributed by atoms with van der Waals surface area (Å²) >= 11 is 0. The van der Waals surface area contributed by atoms with Crippen LogP contribution in [0.3, 0.4) is 0 Å². The van der Waals surface area contributed by atoms with Gasteiger partial charge in [-0.3, -0.25) is 4.79 Å². The molecule has 4 rings (SSSR count). The molecule has 5 N–H and O–H groups in total. The van der Waals surface area contributed by atoms with E-state index < -0.39 is 59.4 Å². The first-order valence-corrected chi connectivity index (χ1v) is 11.1. The maximum Gasteiger partial charge on any atom is 0.417 e. The number of ether oxygens (including phenoxy) is 4. The molecule has 3 atom stereocenters. The third kappa shape index (κ3) is 4.26. The Morgan fingerprint density at radius 3 is 2.44 bits per heavy atom. The van der Waals surface area contributed by atoms with Crippen LogP contribution in [0.5, 0.6) is 11.5 Å². The van der Waals surface area contributed by atoms with Crippen LogP contribution >= 0.6 is 0 Å². The summed E-state index contributed by atoms with van der Waals surface area (Å²) in [5.74, 6) is -5.08. The molecule has 0 radical (unpaired) electrons. The summed E-state index contributed by atoms with van der Waals surface area (Å²) in [6, 6.07) is 1.69. The summed E-state index contributed by atoms with van der Waals surface area (Å²) < 4.78 is 21.7. The first-order chi connectivity index (χ1) is 16.8. The van der Waals surface area contributed by atoms with Gasteiger partial charge in [-0.2, -0.15) is 0 Å². The smallest absolute Gasteiger partial charge is 0.417 e.